The van der Waals surface area contributed by atoms with Crippen LogP contribution in [-0.4, -0.2) is 19.6 Å². The van der Waals surface area contributed by atoms with E-state index in [1.54, 1.807) is 36.4 Å². The van der Waals surface area contributed by atoms with E-state index in [1.165, 1.54) is 0 Å². The predicted molar refractivity (Wildman–Crippen MR) is 75.4 cm³/mol. The summed E-state index contributed by atoms with van der Waals surface area (Å²) in [6.45, 7) is 0. The molecule has 4 N–H and O–H groups in total. The minimum Gasteiger partial charge on any atom is -0.324 e. The minimum atomic E-state index is -4.11. The van der Waals surface area contributed by atoms with Gasteiger partial charge in [0.25, 0.3) is 0 Å². The standard InChI is InChI=1S/C12H14O6P2/c13-19(14,15)7-9-1-3-11-6-10(8-20(16,17)18)2-4-12(11)5-9/h1-6H,7-8H2,(H2,13,14,15)(H2,16,17,18). The minimum absolute atomic E-state index is 0.326. The van der Waals surface area contributed by atoms with Gasteiger partial charge in [0.2, 0.25) is 0 Å². The van der Waals surface area contributed by atoms with Crippen LogP contribution in [0.4, 0.5) is 0 Å². The average Bonchev–Trinajstić information content (AvgIpc) is 2.25. The van der Waals surface area contributed by atoms with Crippen LogP contribution in [0.25, 0.3) is 10.8 Å². The van der Waals surface area contributed by atoms with Crippen molar-refractivity contribution < 1.29 is 28.7 Å². The Bertz CT molecular complexity index is 667. The van der Waals surface area contributed by atoms with E-state index in [9.17, 15) is 9.13 Å². The molecule has 0 radical (unpaired) electrons. The van der Waals surface area contributed by atoms with Crippen molar-refractivity contribution in [3.63, 3.8) is 0 Å². The van der Waals surface area contributed by atoms with Crippen LogP contribution in [0.15, 0.2) is 36.4 Å². The summed E-state index contributed by atoms with van der Waals surface area (Å²) >= 11 is 0. The lowest BCUT2D eigenvalue weighted by Gasteiger charge is -2.08. The fourth-order valence-electron chi connectivity index (χ4n) is 2.02. The van der Waals surface area contributed by atoms with E-state index in [0.717, 1.165) is 10.8 Å². The fraction of sp³-hybridized carbons (Fsp3) is 0.167. The molecule has 0 aliphatic carbocycles. The van der Waals surface area contributed by atoms with E-state index in [-0.39, 0.29) is 12.3 Å². The first kappa shape index (κ1) is 15.4. The van der Waals surface area contributed by atoms with Crippen LogP contribution in [0.3, 0.4) is 0 Å². The zero-order valence-electron chi connectivity index (χ0n) is 10.4. The van der Waals surface area contributed by atoms with E-state index in [1.807, 2.05) is 0 Å². The largest absolute Gasteiger partial charge is 0.329 e. The van der Waals surface area contributed by atoms with Gasteiger partial charge in [0, 0.05) is 0 Å². The Morgan fingerprint density at radius 1 is 0.700 bits per heavy atom. The molecule has 0 heterocycles. The van der Waals surface area contributed by atoms with Gasteiger partial charge in [0.15, 0.2) is 0 Å². The highest BCUT2D eigenvalue weighted by Crippen LogP contribution is 2.41. The quantitative estimate of drug-likeness (QED) is 0.643. The first-order valence-corrected chi connectivity index (χ1v) is 9.33. The molecule has 2 aromatic rings. The lowest BCUT2D eigenvalue weighted by molar-refractivity contribution is 0.369. The fourth-order valence-corrected chi connectivity index (χ4v) is 3.36. The molecule has 0 amide bonds. The van der Waals surface area contributed by atoms with Crippen molar-refractivity contribution >= 4 is 26.0 Å². The predicted octanol–water partition coefficient (Wildman–Crippen LogP) is 2.20. The number of fused-ring (bicyclic) bond motifs is 1. The molecule has 0 saturated heterocycles. The molecule has 108 valence electrons. The molecule has 0 aliphatic heterocycles. The lowest BCUT2D eigenvalue weighted by atomic mass is 10.1. The lowest BCUT2D eigenvalue weighted by Crippen LogP contribution is -1.89. The highest BCUT2D eigenvalue weighted by molar-refractivity contribution is 7.51. The van der Waals surface area contributed by atoms with E-state index in [2.05, 4.69) is 0 Å². The molecule has 0 aromatic heterocycles. The number of benzene rings is 2. The van der Waals surface area contributed by atoms with Gasteiger partial charge >= 0.3 is 15.2 Å². The molecule has 2 rings (SSSR count). The van der Waals surface area contributed by atoms with Gasteiger partial charge in [-0.1, -0.05) is 36.4 Å². The van der Waals surface area contributed by atoms with Crippen LogP contribution in [0.1, 0.15) is 11.1 Å². The Hall–Kier alpha value is -1.00. The first-order valence-electron chi connectivity index (χ1n) is 5.73. The SMILES string of the molecule is O=P(O)(O)Cc1ccc2cc(CP(=O)(O)O)ccc2c1. The number of hydrogen-bond acceptors (Lipinski definition) is 2. The van der Waals surface area contributed by atoms with Gasteiger partial charge in [-0.05, 0) is 21.9 Å². The topological polar surface area (TPSA) is 115 Å². The maximum atomic E-state index is 11.0. The Morgan fingerprint density at radius 3 is 1.35 bits per heavy atom. The Kier molecular flexibility index (Phi) is 4.17. The van der Waals surface area contributed by atoms with E-state index >= 15 is 0 Å². The maximum absolute atomic E-state index is 11.0. The monoisotopic (exact) mass is 316 g/mol. The third-order valence-corrected chi connectivity index (χ3v) is 4.30. The molecule has 2 aromatic carbocycles. The summed E-state index contributed by atoms with van der Waals surface area (Å²) in [4.78, 5) is 35.8. The van der Waals surface area contributed by atoms with E-state index < -0.39 is 15.2 Å². The Labute approximate surface area is 115 Å². The molecular weight excluding hydrogens is 302 g/mol. The Balaban J connectivity index is 2.35. The number of hydrogen-bond donors (Lipinski definition) is 4. The van der Waals surface area contributed by atoms with Crippen molar-refractivity contribution in [2.24, 2.45) is 0 Å². The van der Waals surface area contributed by atoms with Gasteiger partial charge in [-0.15, -0.1) is 0 Å². The van der Waals surface area contributed by atoms with Gasteiger partial charge in [-0.2, -0.15) is 0 Å². The van der Waals surface area contributed by atoms with Gasteiger partial charge in [-0.25, -0.2) is 0 Å². The second-order valence-corrected chi connectivity index (χ2v) is 7.95. The average molecular weight is 316 g/mol. The maximum Gasteiger partial charge on any atom is 0.329 e. The summed E-state index contributed by atoms with van der Waals surface area (Å²) in [7, 11) is -8.21. The molecule has 0 spiro atoms. The van der Waals surface area contributed by atoms with Crippen molar-refractivity contribution in [3.05, 3.63) is 47.5 Å². The van der Waals surface area contributed by atoms with Gasteiger partial charge in [-0.3, -0.25) is 9.13 Å². The molecule has 0 aliphatic rings. The smallest absolute Gasteiger partial charge is 0.324 e. The van der Waals surface area contributed by atoms with Crippen molar-refractivity contribution in [1.29, 1.82) is 0 Å². The summed E-state index contributed by atoms with van der Waals surface area (Å²) < 4.78 is 21.9. The Morgan fingerprint density at radius 2 is 1.05 bits per heavy atom. The summed E-state index contributed by atoms with van der Waals surface area (Å²) in [5.41, 5.74) is 1.04. The third-order valence-electron chi connectivity index (χ3n) is 2.75. The zero-order valence-corrected chi connectivity index (χ0v) is 12.2. The summed E-state index contributed by atoms with van der Waals surface area (Å²) in [5.74, 6) is 0. The normalized spacial score (nSPS) is 12.8. The summed E-state index contributed by atoms with van der Waals surface area (Å²) in [6.07, 6.45) is -0.652. The van der Waals surface area contributed by atoms with Crippen LogP contribution in [0, 0.1) is 0 Å². The van der Waals surface area contributed by atoms with Crippen molar-refractivity contribution in [1.82, 2.24) is 0 Å². The van der Waals surface area contributed by atoms with Gasteiger partial charge in [0.1, 0.15) is 0 Å². The second kappa shape index (κ2) is 5.41. The van der Waals surface area contributed by atoms with E-state index in [0.29, 0.717) is 11.1 Å². The number of rotatable bonds is 4. The van der Waals surface area contributed by atoms with Crippen LogP contribution in [-0.2, 0) is 21.5 Å². The third kappa shape index (κ3) is 4.53. The van der Waals surface area contributed by atoms with Crippen LogP contribution >= 0.6 is 15.2 Å². The van der Waals surface area contributed by atoms with Crippen LogP contribution in [0.2, 0.25) is 0 Å². The zero-order chi connectivity index (χ0) is 15.0. The molecule has 0 bridgehead atoms. The molecule has 6 nitrogen and oxygen atoms in total. The summed E-state index contributed by atoms with van der Waals surface area (Å²) in [5, 5.41) is 1.54. The summed E-state index contributed by atoms with van der Waals surface area (Å²) in [6, 6.07) is 9.89. The molecule has 0 unspecified atom stereocenters. The molecule has 8 heteroatoms. The molecule has 0 saturated carbocycles. The molecule has 0 atom stereocenters. The van der Waals surface area contributed by atoms with Crippen LogP contribution in [0.5, 0.6) is 0 Å². The van der Waals surface area contributed by atoms with Gasteiger partial charge < -0.3 is 19.6 Å². The molecule has 0 fully saturated rings. The highest BCUT2D eigenvalue weighted by Gasteiger charge is 2.15. The molecule has 20 heavy (non-hydrogen) atoms. The second-order valence-electron chi connectivity index (χ2n) is 4.66. The molecular formula is C12H14O6P2. The van der Waals surface area contributed by atoms with Crippen molar-refractivity contribution in [2.75, 3.05) is 0 Å². The highest BCUT2D eigenvalue weighted by atomic mass is 31.2. The van der Waals surface area contributed by atoms with E-state index in [4.69, 9.17) is 19.6 Å². The van der Waals surface area contributed by atoms with Crippen molar-refractivity contribution in [3.8, 4) is 0 Å². The van der Waals surface area contributed by atoms with Crippen LogP contribution < -0.4 is 0 Å². The first-order chi connectivity index (χ1) is 9.12. The van der Waals surface area contributed by atoms with Crippen molar-refractivity contribution in [2.45, 2.75) is 12.3 Å². The van der Waals surface area contributed by atoms with Gasteiger partial charge in [0.05, 0.1) is 12.3 Å².